The van der Waals surface area contributed by atoms with E-state index in [4.69, 9.17) is 16.7 Å². The van der Waals surface area contributed by atoms with E-state index in [1.807, 2.05) is 0 Å². The molecule has 1 heterocycles. The van der Waals surface area contributed by atoms with Gasteiger partial charge in [0.15, 0.2) is 0 Å². The Morgan fingerprint density at radius 2 is 2.25 bits per heavy atom. The van der Waals surface area contributed by atoms with Gasteiger partial charge in [-0.05, 0) is 34.8 Å². The van der Waals surface area contributed by atoms with Gasteiger partial charge in [-0.25, -0.2) is 13.1 Å². The number of aliphatic hydroxyl groups excluding tert-OH is 1. The highest BCUT2D eigenvalue weighted by Crippen LogP contribution is 2.39. The maximum absolute atomic E-state index is 11.9. The van der Waals surface area contributed by atoms with E-state index in [9.17, 15) is 8.42 Å². The van der Waals surface area contributed by atoms with E-state index in [0.717, 1.165) is 11.3 Å². The first-order valence-corrected chi connectivity index (χ1v) is 7.95. The highest BCUT2D eigenvalue weighted by atomic mass is 79.9. The number of hydrogen-bond donors (Lipinski definition) is 2. The first-order valence-electron chi connectivity index (χ1n) is 4.48. The lowest BCUT2D eigenvalue weighted by atomic mass is 10.3. The van der Waals surface area contributed by atoms with Crippen LogP contribution in [-0.2, 0) is 10.0 Å². The first-order chi connectivity index (χ1) is 7.38. The predicted octanol–water partition coefficient (Wildman–Crippen LogP) is 1.97. The van der Waals surface area contributed by atoms with E-state index in [1.54, 1.807) is 0 Å². The van der Waals surface area contributed by atoms with Gasteiger partial charge in [-0.15, -0.1) is 11.3 Å². The number of hydrogen-bond acceptors (Lipinski definition) is 4. The van der Waals surface area contributed by atoms with Crippen molar-refractivity contribution in [3.63, 3.8) is 0 Å². The number of halogens is 2. The molecule has 0 aromatic carbocycles. The van der Waals surface area contributed by atoms with Crippen molar-refractivity contribution < 1.29 is 13.5 Å². The molecule has 0 spiro atoms. The topological polar surface area (TPSA) is 66.4 Å². The van der Waals surface area contributed by atoms with Crippen LogP contribution in [-0.4, -0.2) is 25.7 Å². The summed E-state index contributed by atoms with van der Waals surface area (Å²) in [4.78, 5) is 0. The first kappa shape index (κ1) is 12.8. The molecule has 1 aliphatic carbocycles. The zero-order chi connectivity index (χ0) is 12.0. The van der Waals surface area contributed by atoms with Gasteiger partial charge in [0.05, 0.1) is 21.0 Å². The molecule has 4 nitrogen and oxygen atoms in total. The summed E-state index contributed by atoms with van der Waals surface area (Å²) in [5.74, 6) is 0. The molecule has 1 saturated carbocycles. The summed E-state index contributed by atoms with van der Waals surface area (Å²) in [5.41, 5.74) is -0.651. The summed E-state index contributed by atoms with van der Waals surface area (Å²) in [7, 11) is -3.58. The van der Waals surface area contributed by atoms with Crippen molar-refractivity contribution in [2.75, 3.05) is 6.61 Å². The summed E-state index contributed by atoms with van der Waals surface area (Å²) < 4.78 is 27.1. The zero-order valence-corrected chi connectivity index (χ0v) is 12.0. The monoisotopic (exact) mass is 345 g/mol. The number of rotatable bonds is 4. The van der Waals surface area contributed by atoms with Gasteiger partial charge < -0.3 is 5.11 Å². The summed E-state index contributed by atoms with van der Waals surface area (Å²) >= 11 is 10.00. The molecule has 0 atom stereocenters. The van der Waals surface area contributed by atoms with E-state index < -0.39 is 15.6 Å². The van der Waals surface area contributed by atoms with E-state index in [2.05, 4.69) is 20.7 Å². The molecule has 0 unspecified atom stereocenters. The van der Waals surface area contributed by atoms with Crippen LogP contribution in [0.15, 0.2) is 14.1 Å². The van der Waals surface area contributed by atoms with Crippen LogP contribution in [0.2, 0.25) is 5.02 Å². The smallest absolute Gasteiger partial charge is 0.250 e. The number of aliphatic hydroxyl groups is 1. The third kappa shape index (κ3) is 2.44. The molecule has 8 heteroatoms. The molecule has 0 aliphatic heterocycles. The van der Waals surface area contributed by atoms with Gasteiger partial charge in [0, 0.05) is 0 Å². The number of sulfonamides is 1. The maximum Gasteiger partial charge on any atom is 0.250 e. The molecular weight excluding hydrogens is 338 g/mol. The molecule has 0 saturated heterocycles. The quantitative estimate of drug-likeness (QED) is 0.876. The van der Waals surface area contributed by atoms with E-state index >= 15 is 0 Å². The normalized spacial score (nSPS) is 18.7. The predicted molar refractivity (Wildman–Crippen MR) is 66.4 cm³/mol. The Kier molecular flexibility index (Phi) is 3.37. The minimum absolute atomic E-state index is 0.157. The fourth-order valence-corrected chi connectivity index (χ4v) is 5.09. The summed E-state index contributed by atoms with van der Waals surface area (Å²) in [5, 5.41) is 9.44. The van der Waals surface area contributed by atoms with Crippen molar-refractivity contribution in [3.05, 3.63) is 14.9 Å². The maximum atomic E-state index is 11.9. The lowest BCUT2D eigenvalue weighted by Crippen LogP contribution is -2.39. The molecule has 0 amide bonds. The van der Waals surface area contributed by atoms with Crippen LogP contribution in [0.25, 0.3) is 0 Å². The second kappa shape index (κ2) is 4.22. The lowest BCUT2D eigenvalue weighted by Gasteiger charge is -2.13. The van der Waals surface area contributed by atoms with Gasteiger partial charge in [0.25, 0.3) is 10.0 Å². The molecule has 1 aliphatic rings. The second-order valence-corrected chi connectivity index (χ2v) is 8.42. The fourth-order valence-electron chi connectivity index (χ4n) is 1.24. The summed E-state index contributed by atoms with van der Waals surface area (Å²) in [6.45, 7) is -0.174. The molecule has 0 radical (unpaired) electrons. The van der Waals surface area contributed by atoms with Crippen LogP contribution in [0.4, 0.5) is 0 Å². The molecule has 0 bridgehead atoms. The van der Waals surface area contributed by atoms with Crippen LogP contribution in [0.5, 0.6) is 0 Å². The Morgan fingerprint density at radius 3 is 2.62 bits per heavy atom. The highest BCUT2D eigenvalue weighted by Gasteiger charge is 2.45. The van der Waals surface area contributed by atoms with Crippen LogP contribution < -0.4 is 4.72 Å². The Balaban J connectivity index is 2.26. The van der Waals surface area contributed by atoms with E-state index in [-0.39, 0.29) is 10.8 Å². The van der Waals surface area contributed by atoms with Gasteiger partial charge in [-0.1, -0.05) is 11.6 Å². The number of thiophene rings is 1. The molecule has 1 fully saturated rings. The van der Waals surface area contributed by atoms with E-state index in [0.29, 0.717) is 21.7 Å². The molecular formula is C8H9BrClNO3S2. The molecule has 1 aromatic heterocycles. The standard InChI is InChI=1S/C8H9BrClNO3S2/c9-7-5(10)3-6(15-7)16(13,14)11-8(4-12)1-2-8/h3,11-12H,1-2,4H2. The van der Waals surface area contributed by atoms with Gasteiger partial charge >= 0.3 is 0 Å². The Bertz CT molecular complexity index is 490. The second-order valence-electron chi connectivity index (χ2n) is 3.73. The van der Waals surface area contributed by atoms with Gasteiger partial charge in [0.1, 0.15) is 4.21 Å². The summed E-state index contributed by atoms with van der Waals surface area (Å²) in [6.07, 6.45) is 1.34. The molecule has 2 N–H and O–H groups in total. The van der Waals surface area contributed by atoms with Crippen molar-refractivity contribution >= 4 is 48.9 Å². The minimum atomic E-state index is -3.58. The minimum Gasteiger partial charge on any atom is -0.394 e. The molecule has 16 heavy (non-hydrogen) atoms. The fraction of sp³-hybridized carbons (Fsp3) is 0.500. The number of nitrogens with one attached hydrogen (secondary N) is 1. The van der Waals surface area contributed by atoms with Crippen LogP contribution in [0.3, 0.4) is 0 Å². The summed E-state index contributed by atoms with van der Waals surface area (Å²) in [6, 6.07) is 1.39. The van der Waals surface area contributed by atoms with Gasteiger partial charge in [-0.2, -0.15) is 0 Å². The van der Waals surface area contributed by atoms with E-state index in [1.165, 1.54) is 6.07 Å². The average Bonchev–Trinajstić information content (AvgIpc) is 2.88. The van der Waals surface area contributed by atoms with Crippen molar-refractivity contribution in [2.24, 2.45) is 0 Å². The molecule has 90 valence electrons. The lowest BCUT2D eigenvalue weighted by molar-refractivity contribution is 0.246. The van der Waals surface area contributed by atoms with Crippen molar-refractivity contribution in [1.82, 2.24) is 4.72 Å². The highest BCUT2D eigenvalue weighted by molar-refractivity contribution is 9.11. The van der Waals surface area contributed by atoms with Crippen LogP contribution in [0, 0.1) is 0 Å². The van der Waals surface area contributed by atoms with Crippen molar-refractivity contribution in [1.29, 1.82) is 0 Å². The molecule has 2 rings (SSSR count). The third-order valence-corrected chi connectivity index (χ3v) is 6.92. The Hall–Kier alpha value is 0.340. The Labute approximate surface area is 111 Å². The van der Waals surface area contributed by atoms with Crippen molar-refractivity contribution in [3.8, 4) is 0 Å². The molecule has 1 aromatic rings. The zero-order valence-electron chi connectivity index (χ0n) is 8.03. The SMILES string of the molecule is O=S(=O)(NC1(CO)CC1)c1cc(Cl)c(Br)s1. The van der Waals surface area contributed by atoms with Gasteiger partial charge in [0.2, 0.25) is 0 Å². The van der Waals surface area contributed by atoms with Crippen LogP contribution in [0.1, 0.15) is 12.8 Å². The average molecular weight is 347 g/mol. The van der Waals surface area contributed by atoms with Crippen molar-refractivity contribution in [2.45, 2.75) is 22.6 Å². The third-order valence-electron chi connectivity index (χ3n) is 2.39. The van der Waals surface area contributed by atoms with Crippen LogP contribution >= 0.6 is 38.9 Å². The Morgan fingerprint density at radius 1 is 1.62 bits per heavy atom. The largest absolute Gasteiger partial charge is 0.394 e. The van der Waals surface area contributed by atoms with Gasteiger partial charge in [-0.3, -0.25) is 0 Å².